The summed E-state index contributed by atoms with van der Waals surface area (Å²) in [6, 6.07) is 17.8. The molecular formula is C20H23N5OS2. The van der Waals surface area contributed by atoms with Crippen molar-refractivity contribution in [1.29, 1.82) is 0 Å². The van der Waals surface area contributed by atoms with Gasteiger partial charge < -0.3 is 9.88 Å². The van der Waals surface area contributed by atoms with Crippen LogP contribution in [0.25, 0.3) is 11.4 Å². The van der Waals surface area contributed by atoms with Gasteiger partial charge in [-0.1, -0.05) is 42.1 Å². The largest absolute Gasteiger partial charge is 0.325 e. The van der Waals surface area contributed by atoms with Gasteiger partial charge in [-0.15, -0.1) is 10.2 Å². The number of nitrogens with zero attached hydrogens (tertiary/aromatic N) is 4. The fourth-order valence-corrected chi connectivity index (χ4v) is 4.10. The predicted octanol–water partition coefficient (Wildman–Crippen LogP) is 4.26. The van der Waals surface area contributed by atoms with Gasteiger partial charge in [0, 0.05) is 22.7 Å². The van der Waals surface area contributed by atoms with Gasteiger partial charge in [0.15, 0.2) is 11.0 Å². The Hall–Kier alpha value is -2.29. The highest BCUT2D eigenvalue weighted by Crippen LogP contribution is 2.24. The van der Waals surface area contributed by atoms with Crippen LogP contribution in [0.2, 0.25) is 0 Å². The van der Waals surface area contributed by atoms with Gasteiger partial charge in [-0.05, 0) is 57.2 Å². The Morgan fingerprint density at radius 2 is 1.79 bits per heavy atom. The standard InChI is InChI=1S/C20H23N5OS2/c1-4-25-19(15-8-6-5-7-9-15)22-23-20(25)27-14-18(26)21-16-10-12-17(13-11-16)28-24(2)3/h5-13H,4,14H2,1-3H3,(H,21,26). The third-order valence-corrected chi connectivity index (χ3v) is 5.64. The summed E-state index contributed by atoms with van der Waals surface area (Å²) in [6.45, 7) is 2.79. The molecule has 0 unspecified atom stereocenters. The third kappa shape index (κ3) is 5.37. The van der Waals surface area contributed by atoms with E-state index in [1.165, 1.54) is 11.8 Å². The van der Waals surface area contributed by atoms with Crippen LogP contribution in [-0.2, 0) is 11.3 Å². The first-order valence-electron chi connectivity index (χ1n) is 8.93. The zero-order chi connectivity index (χ0) is 19.9. The molecule has 8 heteroatoms. The highest BCUT2D eigenvalue weighted by atomic mass is 32.2. The molecule has 0 radical (unpaired) electrons. The van der Waals surface area contributed by atoms with Crippen LogP contribution in [-0.4, -0.2) is 44.8 Å². The van der Waals surface area contributed by atoms with Crippen LogP contribution in [0.5, 0.6) is 0 Å². The number of amides is 1. The van der Waals surface area contributed by atoms with Gasteiger partial charge in [-0.25, -0.2) is 0 Å². The fraction of sp³-hybridized carbons (Fsp3) is 0.250. The number of carbonyl (C=O) groups is 1. The number of hydrogen-bond donors (Lipinski definition) is 1. The van der Waals surface area contributed by atoms with Crippen molar-refractivity contribution in [3.8, 4) is 11.4 Å². The minimum absolute atomic E-state index is 0.0649. The Bertz CT molecular complexity index is 910. The molecule has 0 saturated heterocycles. The maximum absolute atomic E-state index is 12.3. The molecule has 0 atom stereocenters. The number of nitrogens with one attached hydrogen (secondary N) is 1. The molecule has 3 aromatic rings. The van der Waals surface area contributed by atoms with Gasteiger partial charge in [-0.3, -0.25) is 9.10 Å². The van der Waals surface area contributed by atoms with Gasteiger partial charge in [0.25, 0.3) is 0 Å². The van der Waals surface area contributed by atoms with Gasteiger partial charge >= 0.3 is 0 Å². The Labute approximate surface area is 173 Å². The highest BCUT2D eigenvalue weighted by molar-refractivity contribution is 7.99. The van der Waals surface area contributed by atoms with E-state index in [2.05, 4.69) is 15.5 Å². The van der Waals surface area contributed by atoms with Crippen LogP contribution in [0, 0.1) is 0 Å². The summed E-state index contributed by atoms with van der Waals surface area (Å²) in [4.78, 5) is 13.4. The molecule has 1 heterocycles. The Balaban J connectivity index is 1.60. The maximum Gasteiger partial charge on any atom is 0.234 e. The number of anilines is 1. The molecule has 1 N–H and O–H groups in total. The van der Waals surface area contributed by atoms with Crippen molar-refractivity contribution in [2.24, 2.45) is 0 Å². The van der Waals surface area contributed by atoms with E-state index in [0.717, 1.165) is 33.7 Å². The Morgan fingerprint density at radius 1 is 1.07 bits per heavy atom. The third-order valence-electron chi connectivity index (χ3n) is 3.82. The van der Waals surface area contributed by atoms with E-state index in [4.69, 9.17) is 0 Å². The molecule has 0 aliphatic rings. The van der Waals surface area contributed by atoms with Gasteiger partial charge in [0.05, 0.1) is 5.75 Å². The van der Waals surface area contributed by atoms with Crippen LogP contribution < -0.4 is 5.32 Å². The minimum Gasteiger partial charge on any atom is -0.325 e. The van der Waals surface area contributed by atoms with Crippen molar-refractivity contribution >= 4 is 35.3 Å². The topological polar surface area (TPSA) is 63.1 Å². The summed E-state index contributed by atoms with van der Waals surface area (Å²) >= 11 is 3.03. The summed E-state index contributed by atoms with van der Waals surface area (Å²) in [5.74, 6) is 1.03. The second-order valence-electron chi connectivity index (χ2n) is 6.18. The highest BCUT2D eigenvalue weighted by Gasteiger charge is 2.14. The van der Waals surface area contributed by atoms with Crippen molar-refractivity contribution in [2.75, 3.05) is 25.2 Å². The number of rotatable bonds is 8. The summed E-state index contributed by atoms with van der Waals surface area (Å²) < 4.78 is 4.05. The Kier molecular flexibility index (Phi) is 7.13. The average Bonchev–Trinajstić information content (AvgIpc) is 3.11. The molecular weight excluding hydrogens is 390 g/mol. The van der Waals surface area contributed by atoms with Crippen LogP contribution >= 0.6 is 23.7 Å². The van der Waals surface area contributed by atoms with E-state index in [9.17, 15) is 4.79 Å². The van der Waals surface area contributed by atoms with Crippen molar-refractivity contribution in [2.45, 2.75) is 23.5 Å². The molecule has 28 heavy (non-hydrogen) atoms. The summed E-state index contributed by atoms with van der Waals surface area (Å²) in [7, 11) is 3.99. The Morgan fingerprint density at radius 3 is 2.43 bits per heavy atom. The number of thioether (sulfide) groups is 1. The second kappa shape index (κ2) is 9.77. The first-order chi connectivity index (χ1) is 13.6. The van der Waals surface area contributed by atoms with Gasteiger partial charge in [0.2, 0.25) is 5.91 Å². The van der Waals surface area contributed by atoms with Crippen LogP contribution in [0.15, 0.2) is 64.6 Å². The van der Waals surface area contributed by atoms with Crippen molar-refractivity contribution in [3.05, 3.63) is 54.6 Å². The predicted molar refractivity (Wildman–Crippen MR) is 116 cm³/mol. The van der Waals surface area contributed by atoms with Crippen molar-refractivity contribution < 1.29 is 4.79 Å². The molecule has 0 aliphatic heterocycles. The first kappa shape index (κ1) is 20.4. The quantitative estimate of drug-likeness (QED) is 0.440. The second-order valence-corrected chi connectivity index (χ2v) is 8.51. The summed E-state index contributed by atoms with van der Waals surface area (Å²) in [6.07, 6.45) is 0. The first-order valence-corrected chi connectivity index (χ1v) is 10.7. The monoisotopic (exact) mass is 413 g/mol. The lowest BCUT2D eigenvalue weighted by atomic mass is 10.2. The zero-order valence-electron chi connectivity index (χ0n) is 16.1. The van der Waals surface area contributed by atoms with Crippen molar-refractivity contribution in [1.82, 2.24) is 19.1 Å². The van der Waals surface area contributed by atoms with E-state index < -0.39 is 0 Å². The molecule has 0 spiro atoms. The zero-order valence-corrected chi connectivity index (χ0v) is 17.8. The molecule has 0 aliphatic carbocycles. The normalized spacial score (nSPS) is 11.0. The molecule has 0 bridgehead atoms. The van der Waals surface area contributed by atoms with E-state index in [0.29, 0.717) is 0 Å². The molecule has 146 valence electrons. The molecule has 1 amide bonds. The summed E-state index contributed by atoms with van der Waals surface area (Å²) in [5, 5.41) is 12.2. The van der Waals surface area contributed by atoms with Crippen LogP contribution in [0.4, 0.5) is 5.69 Å². The van der Waals surface area contributed by atoms with Gasteiger partial charge in [0.1, 0.15) is 0 Å². The van der Waals surface area contributed by atoms with Crippen LogP contribution in [0.1, 0.15) is 6.92 Å². The number of hydrogen-bond acceptors (Lipinski definition) is 6. The average molecular weight is 414 g/mol. The van der Waals surface area contributed by atoms with E-state index in [1.54, 1.807) is 11.9 Å². The van der Waals surface area contributed by atoms with Crippen molar-refractivity contribution in [3.63, 3.8) is 0 Å². The number of aromatic nitrogens is 3. The lowest BCUT2D eigenvalue weighted by Crippen LogP contribution is -2.14. The van der Waals surface area contributed by atoms with E-state index in [1.807, 2.05) is 84.5 Å². The van der Waals surface area contributed by atoms with E-state index in [-0.39, 0.29) is 11.7 Å². The number of carbonyl (C=O) groups excluding carboxylic acids is 1. The minimum atomic E-state index is -0.0649. The van der Waals surface area contributed by atoms with Gasteiger partial charge in [-0.2, -0.15) is 0 Å². The lowest BCUT2D eigenvalue weighted by Gasteiger charge is -2.10. The smallest absolute Gasteiger partial charge is 0.234 e. The molecule has 3 rings (SSSR count). The maximum atomic E-state index is 12.3. The molecule has 0 fully saturated rings. The molecule has 6 nitrogen and oxygen atoms in total. The summed E-state index contributed by atoms with van der Waals surface area (Å²) in [5.41, 5.74) is 1.81. The SMILES string of the molecule is CCn1c(SCC(=O)Nc2ccc(SN(C)C)cc2)nnc1-c1ccccc1. The number of benzene rings is 2. The van der Waals surface area contributed by atoms with Crippen LogP contribution in [0.3, 0.4) is 0 Å². The molecule has 1 aromatic heterocycles. The fourth-order valence-electron chi connectivity index (χ4n) is 2.62. The molecule has 2 aromatic carbocycles. The van der Waals surface area contributed by atoms with E-state index >= 15 is 0 Å². The molecule has 0 saturated carbocycles. The lowest BCUT2D eigenvalue weighted by molar-refractivity contribution is -0.113.